The standard InChI is InChI=1S/C13H17NO/c1-2-3-8-14-10-12-9-11-6-4-5-7-13(11)15-12/h2,4-7,12,14H,1,3,8-10H2. The lowest BCUT2D eigenvalue weighted by Gasteiger charge is -2.10. The third-order valence-corrected chi connectivity index (χ3v) is 2.61. The first-order valence-electron chi connectivity index (χ1n) is 5.46. The lowest BCUT2D eigenvalue weighted by atomic mass is 10.1. The van der Waals surface area contributed by atoms with Crippen molar-refractivity contribution < 1.29 is 4.74 Å². The highest BCUT2D eigenvalue weighted by molar-refractivity contribution is 5.37. The first kappa shape index (κ1) is 10.2. The van der Waals surface area contributed by atoms with Gasteiger partial charge in [0.05, 0.1) is 0 Å². The molecule has 0 fully saturated rings. The summed E-state index contributed by atoms with van der Waals surface area (Å²) in [5, 5.41) is 3.37. The van der Waals surface area contributed by atoms with E-state index in [0.29, 0.717) is 6.10 Å². The fourth-order valence-electron chi connectivity index (χ4n) is 1.83. The molecule has 1 N–H and O–H groups in total. The Hall–Kier alpha value is -1.28. The van der Waals surface area contributed by atoms with Crippen molar-refractivity contribution in [2.75, 3.05) is 13.1 Å². The second kappa shape index (κ2) is 4.99. The molecule has 0 amide bonds. The molecule has 0 saturated carbocycles. The van der Waals surface area contributed by atoms with E-state index in [9.17, 15) is 0 Å². The largest absolute Gasteiger partial charge is 0.488 e. The van der Waals surface area contributed by atoms with Crippen LogP contribution in [0.5, 0.6) is 5.75 Å². The lowest BCUT2D eigenvalue weighted by Crippen LogP contribution is -2.30. The summed E-state index contributed by atoms with van der Waals surface area (Å²) in [5.74, 6) is 1.05. The maximum absolute atomic E-state index is 5.80. The minimum Gasteiger partial charge on any atom is -0.488 e. The highest BCUT2D eigenvalue weighted by atomic mass is 16.5. The molecule has 0 aromatic heterocycles. The van der Waals surface area contributed by atoms with Crippen LogP contribution in [-0.4, -0.2) is 19.2 Å². The summed E-state index contributed by atoms with van der Waals surface area (Å²) in [6, 6.07) is 8.26. The average molecular weight is 203 g/mol. The van der Waals surface area contributed by atoms with Crippen LogP contribution < -0.4 is 10.1 Å². The van der Waals surface area contributed by atoms with Crippen molar-refractivity contribution in [1.82, 2.24) is 5.32 Å². The molecule has 1 unspecified atom stereocenters. The van der Waals surface area contributed by atoms with Crippen LogP contribution in [0.3, 0.4) is 0 Å². The van der Waals surface area contributed by atoms with Gasteiger partial charge in [0.2, 0.25) is 0 Å². The molecule has 1 aliphatic rings. The normalized spacial score (nSPS) is 18.3. The predicted molar refractivity (Wildman–Crippen MR) is 62.2 cm³/mol. The van der Waals surface area contributed by atoms with Crippen LogP contribution in [0.1, 0.15) is 12.0 Å². The molecule has 1 atom stereocenters. The van der Waals surface area contributed by atoms with Crippen LogP contribution in [0.15, 0.2) is 36.9 Å². The highest BCUT2D eigenvalue weighted by Gasteiger charge is 2.21. The Morgan fingerprint density at radius 3 is 3.13 bits per heavy atom. The number of rotatable bonds is 5. The summed E-state index contributed by atoms with van der Waals surface area (Å²) in [7, 11) is 0. The van der Waals surface area contributed by atoms with E-state index in [2.05, 4.69) is 24.0 Å². The number of hydrogen-bond acceptors (Lipinski definition) is 2. The molecular formula is C13H17NO. The summed E-state index contributed by atoms with van der Waals surface area (Å²) in [4.78, 5) is 0. The molecule has 2 rings (SSSR count). The molecule has 2 nitrogen and oxygen atoms in total. The molecule has 0 bridgehead atoms. The SMILES string of the molecule is C=CCCNCC1Cc2ccccc2O1. The molecule has 0 radical (unpaired) electrons. The summed E-state index contributed by atoms with van der Waals surface area (Å²) in [6.07, 6.45) is 4.26. The molecule has 1 aromatic rings. The van der Waals surface area contributed by atoms with Crippen LogP contribution in [0, 0.1) is 0 Å². The Balaban J connectivity index is 1.78. The van der Waals surface area contributed by atoms with Crippen LogP contribution >= 0.6 is 0 Å². The van der Waals surface area contributed by atoms with E-state index in [0.717, 1.165) is 31.7 Å². The molecule has 0 spiro atoms. The van der Waals surface area contributed by atoms with Crippen molar-refractivity contribution in [2.24, 2.45) is 0 Å². The Kier molecular flexibility index (Phi) is 3.41. The van der Waals surface area contributed by atoms with Gasteiger partial charge in [0.25, 0.3) is 0 Å². The van der Waals surface area contributed by atoms with E-state index < -0.39 is 0 Å². The van der Waals surface area contributed by atoms with Gasteiger partial charge in [0, 0.05) is 13.0 Å². The lowest BCUT2D eigenvalue weighted by molar-refractivity contribution is 0.228. The second-order valence-corrected chi connectivity index (χ2v) is 3.83. The van der Waals surface area contributed by atoms with E-state index in [1.165, 1.54) is 5.56 Å². The molecule has 1 aliphatic heterocycles. The van der Waals surface area contributed by atoms with Crippen LogP contribution in [-0.2, 0) is 6.42 Å². The fraction of sp³-hybridized carbons (Fsp3) is 0.385. The molecule has 1 heterocycles. The van der Waals surface area contributed by atoms with Gasteiger partial charge in [-0.2, -0.15) is 0 Å². The molecule has 0 saturated heterocycles. The summed E-state index contributed by atoms with van der Waals surface area (Å²) >= 11 is 0. The number of benzene rings is 1. The highest BCUT2D eigenvalue weighted by Crippen LogP contribution is 2.27. The summed E-state index contributed by atoms with van der Waals surface area (Å²) in [6.45, 7) is 5.60. The number of fused-ring (bicyclic) bond motifs is 1. The molecule has 2 heteroatoms. The average Bonchev–Trinajstić information content (AvgIpc) is 2.67. The van der Waals surface area contributed by atoms with Crippen LogP contribution in [0.4, 0.5) is 0 Å². The van der Waals surface area contributed by atoms with Gasteiger partial charge >= 0.3 is 0 Å². The molecule has 80 valence electrons. The molecular weight excluding hydrogens is 186 g/mol. The predicted octanol–water partition coefficient (Wildman–Crippen LogP) is 2.16. The van der Waals surface area contributed by atoms with Crippen molar-refractivity contribution in [3.63, 3.8) is 0 Å². The summed E-state index contributed by atoms with van der Waals surface area (Å²) in [5.41, 5.74) is 1.33. The third-order valence-electron chi connectivity index (χ3n) is 2.61. The van der Waals surface area contributed by atoms with Crippen molar-refractivity contribution in [3.8, 4) is 5.75 Å². The minimum atomic E-state index is 0.298. The number of nitrogens with one attached hydrogen (secondary N) is 1. The van der Waals surface area contributed by atoms with Gasteiger partial charge in [0.1, 0.15) is 11.9 Å². The van der Waals surface area contributed by atoms with Gasteiger partial charge in [-0.3, -0.25) is 0 Å². The molecule has 0 aliphatic carbocycles. The van der Waals surface area contributed by atoms with Crippen molar-refractivity contribution in [1.29, 1.82) is 0 Å². The molecule has 1 aromatic carbocycles. The first-order valence-corrected chi connectivity index (χ1v) is 5.46. The summed E-state index contributed by atoms with van der Waals surface area (Å²) < 4.78 is 5.80. The van der Waals surface area contributed by atoms with Crippen LogP contribution in [0.25, 0.3) is 0 Å². The van der Waals surface area contributed by atoms with Crippen molar-refractivity contribution in [3.05, 3.63) is 42.5 Å². The maximum atomic E-state index is 5.80. The van der Waals surface area contributed by atoms with E-state index in [1.807, 2.05) is 18.2 Å². The smallest absolute Gasteiger partial charge is 0.123 e. The van der Waals surface area contributed by atoms with Gasteiger partial charge in [-0.05, 0) is 24.6 Å². The quantitative estimate of drug-likeness (QED) is 0.585. The zero-order valence-electron chi connectivity index (χ0n) is 8.91. The van der Waals surface area contributed by atoms with E-state index in [4.69, 9.17) is 4.74 Å². The number of ether oxygens (including phenoxy) is 1. The minimum absolute atomic E-state index is 0.298. The van der Waals surface area contributed by atoms with Gasteiger partial charge < -0.3 is 10.1 Å². The van der Waals surface area contributed by atoms with Crippen molar-refractivity contribution in [2.45, 2.75) is 18.9 Å². The van der Waals surface area contributed by atoms with Gasteiger partial charge in [-0.1, -0.05) is 24.3 Å². The zero-order chi connectivity index (χ0) is 10.5. The fourth-order valence-corrected chi connectivity index (χ4v) is 1.83. The number of hydrogen-bond donors (Lipinski definition) is 1. The van der Waals surface area contributed by atoms with Crippen molar-refractivity contribution >= 4 is 0 Å². The van der Waals surface area contributed by atoms with E-state index in [-0.39, 0.29) is 0 Å². The Morgan fingerprint density at radius 2 is 2.33 bits per heavy atom. The third kappa shape index (κ3) is 2.60. The van der Waals surface area contributed by atoms with Gasteiger partial charge in [-0.25, -0.2) is 0 Å². The topological polar surface area (TPSA) is 21.3 Å². The van der Waals surface area contributed by atoms with E-state index >= 15 is 0 Å². The monoisotopic (exact) mass is 203 g/mol. The van der Waals surface area contributed by atoms with Gasteiger partial charge in [0.15, 0.2) is 0 Å². The zero-order valence-corrected chi connectivity index (χ0v) is 8.91. The first-order chi connectivity index (χ1) is 7.40. The number of para-hydroxylation sites is 1. The molecule has 15 heavy (non-hydrogen) atoms. The van der Waals surface area contributed by atoms with E-state index in [1.54, 1.807) is 0 Å². The Labute approximate surface area is 91.0 Å². The maximum Gasteiger partial charge on any atom is 0.123 e. The van der Waals surface area contributed by atoms with Gasteiger partial charge in [-0.15, -0.1) is 6.58 Å². The Bertz CT molecular complexity index is 310. The Morgan fingerprint density at radius 1 is 1.47 bits per heavy atom. The van der Waals surface area contributed by atoms with Crippen LogP contribution in [0.2, 0.25) is 0 Å². The second-order valence-electron chi connectivity index (χ2n) is 3.83.